The van der Waals surface area contributed by atoms with Gasteiger partial charge in [0.15, 0.2) is 0 Å². The Morgan fingerprint density at radius 3 is 2.80 bits per heavy atom. The zero-order valence-corrected chi connectivity index (χ0v) is 13.7. The van der Waals surface area contributed by atoms with Crippen molar-refractivity contribution in [2.24, 2.45) is 0 Å². The van der Waals surface area contributed by atoms with Crippen LogP contribution in [-0.2, 0) is 4.74 Å². The standard InChI is InChI=1S/C16H33N3O/c1-15-14-20-13-12-19(15)11-10-17(2)9-7-16-6-4-5-8-18(16)3/h15-16H,4-14H2,1-3H3/t15-,16+/m1/s1. The van der Waals surface area contributed by atoms with Crippen LogP contribution >= 0.6 is 0 Å². The number of rotatable bonds is 6. The van der Waals surface area contributed by atoms with Gasteiger partial charge >= 0.3 is 0 Å². The Morgan fingerprint density at radius 2 is 2.05 bits per heavy atom. The first-order valence-electron chi connectivity index (χ1n) is 8.37. The van der Waals surface area contributed by atoms with E-state index in [9.17, 15) is 0 Å². The molecule has 0 aromatic carbocycles. The van der Waals surface area contributed by atoms with Crippen LogP contribution < -0.4 is 0 Å². The van der Waals surface area contributed by atoms with Gasteiger partial charge < -0.3 is 14.5 Å². The van der Waals surface area contributed by atoms with Gasteiger partial charge in [-0.1, -0.05) is 6.42 Å². The van der Waals surface area contributed by atoms with E-state index >= 15 is 0 Å². The number of morpholine rings is 1. The summed E-state index contributed by atoms with van der Waals surface area (Å²) >= 11 is 0. The molecule has 20 heavy (non-hydrogen) atoms. The van der Waals surface area contributed by atoms with Gasteiger partial charge in [0.2, 0.25) is 0 Å². The molecule has 2 aliphatic rings. The van der Waals surface area contributed by atoms with Crippen LogP contribution in [0.4, 0.5) is 0 Å². The summed E-state index contributed by atoms with van der Waals surface area (Å²) in [6.45, 7) is 10.1. The van der Waals surface area contributed by atoms with Crippen LogP contribution in [0.5, 0.6) is 0 Å². The second-order valence-corrected chi connectivity index (χ2v) is 6.68. The summed E-state index contributed by atoms with van der Waals surface area (Å²) in [5.74, 6) is 0. The number of likely N-dealkylation sites (tertiary alicyclic amines) is 1. The van der Waals surface area contributed by atoms with Crippen molar-refractivity contribution in [2.75, 3.05) is 60.0 Å². The predicted molar refractivity (Wildman–Crippen MR) is 84.2 cm³/mol. The topological polar surface area (TPSA) is 19.0 Å². The molecule has 0 amide bonds. The molecule has 0 aliphatic carbocycles. The highest BCUT2D eigenvalue weighted by molar-refractivity contribution is 4.76. The fraction of sp³-hybridized carbons (Fsp3) is 1.00. The summed E-state index contributed by atoms with van der Waals surface area (Å²) in [5.41, 5.74) is 0. The van der Waals surface area contributed by atoms with Gasteiger partial charge in [0.1, 0.15) is 0 Å². The van der Waals surface area contributed by atoms with Crippen molar-refractivity contribution in [2.45, 2.75) is 44.7 Å². The first-order chi connectivity index (χ1) is 9.66. The number of hydrogen-bond donors (Lipinski definition) is 0. The summed E-state index contributed by atoms with van der Waals surface area (Å²) in [5, 5.41) is 0. The monoisotopic (exact) mass is 283 g/mol. The third-order valence-corrected chi connectivity index (χ3v) is 5.04. The number of hydrogen-bond acceptors (Lipinski definition) is 4. The number of piperidine rings is 1. The minimum absolute atomic E-state index is 0.585. The molecule has 2 heterocycles. The Kier molecular flexibility index (Phi) is 6.75. The van der Waals surface area contributed by atoms with Crippen molar-refractivity contribution in [1.82, 2.24) is 14.7 Å². The smallest absolute Gasteiger partial charge is 0.0619 e. The van der Waals surface area contributed by atoms with E-state index in [2.05, 4.69) is 35.7 Å². The van der Waals surface area contributed by atoms with E-state index in [0.29, 0.717) is 6.04 Å². The Hall–Kier alpha value is -0.160. The van der Waals surface area contributed by atoms with Gasteiger partial charge in [-0.25, -0.2) is 0 Å². The molecule has 2 atom stereocenters. The van der Waals surface area contributed by atoms with E-state index in [1.807, 2.05) is 0 Å². The van der Waals surface area contributed by atoms with E-state index in [4.69, 9.17) is 4.74 Å². The summed E-state index contributed by atoms with van der Waals surface area (Å²) in [6, 6.07) is 1.40. The molecular formula is C16H33N3O. The first-order valence-corrected chi connectivity index (χ1v) is 8.37. The Labute approximate surface area is 125 Å². The maximum absolute atomic E-state index is 5.50. The quantitative estimate of drug-likeness (QED) is 0.735. The third-order valence-electron chi connectivity index (χ3n) is 5.04. The minimum atomic E-state index is 0.585. The second-order valence-electron chi connectivity index (χ2n) is 6.68. The maximum atomic E-state index is 5.50. The van der Waals surface area contributed by atoms with E-state index < -0.39 is 0 Å². The van der Waals surface area contributed by atoms with E-state index in [-0.39, 0.29) is 0 Å². The van der Waals surface area contributed by atoms with Crippen LogP contribution in [0.1, 0.15) is 32.6 Å². The maximum Gasteiger partial charge on any atom is 0.0619 e. The average molecular weight is 283 g/mol. The third kappa shape index (κ3) is 4.99. The predicted octanol–water partition coefficient (Wildman–Crippen LogP) is 1.51. The van der Waals surface area contributed by atoms with Crippen molar-refractivity contribution in [1.29, 1.82) is 0 Å². The lowest BCUT2D eigenvalue weighted by atomic mass is 10.00. The minimum Gasteiger partial charge on any atom is -0.379 e. The highest BCUT2D eigenvalue weighted by Crippen LogP contribution is 2.17. The summed E-state index contributed by atoms with van der Waals surface area (Å²) in [7, 11) is 4.56. The van der Waals surface area contributed by atoms with Crippen LogP contribution in [0.2, 0.25) is 0 Å². The highest BCUT2D eigenvalue weighted by Gasteiger charge is 2.20. The fourth-order valence-electron chi connectivity index (χ4n) is 3.38. The van der Waals surface area contributed by atoms with E-state index in [0.717, 1.165) is 25.8 Å². The molecule has 0 spiro atoms. The van der Waals surface area contributed by atoms with Crippen LogP contribution in [0.3, 0.4) is 0 Å². The fourth-order valence-corrected chi connectivity index (χ4v) is 3.38. The first kappa shape index (κ1) is 16.2. The lowest BCUT2D eigenvalue weighted by molar-refractivity contribution is -0.00336. The SMILES string of the molecule is C[C@@H]1COCCN1CCN(C)CC[C@@H]1CCCCN1C. The Morgan fingerprint density at radius 1 is 1.20 bits per heavy atom. The zero-order valence-electron chi connectivity index (χ0n) is 13.7. The zero-order chi connectivity index (χ0) is 14.4. The molecule has 0 N–H and O–H groups in total. The summed E-state index contributed by atoms with van der Waals surface area (Å²) in [6.07, 6.45) is 5.53. The molecule has 4 nitrogen and oxygen atoms in total. The molecule has 0 radical (unpaired) electrons. The molecule has 0 aromatic heterocycles. The molecule has 0 saturated carbocycles. The molecule has 0 unspecified atom stereocenters. The largest absolute Gasteiger partial charge is 0.379 e. The van der Waals surface area contributed by atoms with Gasteiger partial charge in [0.05, 0.1) is 13.2 Å². The van der Waals surface area contributed by atoms with E-state index in [1.54, 1.807) is 0 Å². The van der Waals surface area contributed by atoms with Crippen LogP contribution in [0, 0.1) is 0 Å². The lowest BCUT2D eigenvalue weighted by Crippen LogP contribution is -2.46. The van der Waals surface area contributed by atoms with Crippen molar-refractivity contribution in [3.63, 3.8) is 0 Å². The number of likely N-dealkylation sites (N-methyl/N-ethyl adjacent to an activating group) is 1. The lowest BCUT2D eigenvalue weighted by Gasteiger charge is -2.35. The van der Waals surface area contributed by atoms with Gasteiger partial charge in [-0.2, -0.15) is 0 Å². The van der Waals surface area contributed by atoms with Crippen LogP contribution in [0.15, 0.2) is 0 Å². The second kappa shape index (κ2) is 8.32. The Balaban J connectivity index is 1.61. The molecule has 2 fully saturated rings. The molecule has 2 saturated heterocycles. The molecule has 2 rings (SSSR count). The van der Waals surface area contributed by atoms with Gasteiger partial charge in [0, 0.05) is 31.7 Å². The van der Waals surface area contributed by atoms with Gasteiger partial charge in [0.25, 0.3) is 0 Å². The van der Waals surface area contributed by atoms with Gasteiger partial charge in [-0.3, -0.25) is 4.90 Å². The van der Waals surface area contributed by atoms with Gasteiger partial charge in [-0.15, -0.1) is 0 Å². The van der Waals surface area contributed by atoms with Crippen LogP contribution in [0.25, 0.3) is 0 Å². The molecule has 0 bridgehead atoms. The van der Waals surface area contributed by atoms with Crippen molar-refractivity contribution in [3.05, 3.63) is 0 Å². The molecule has 4 heteroatoms. The molecule has 118 valence electrons. The van der Waals surface area contributed by atoms with Crippen molar-refractivity contribution < 1.29 is 4.74 Å². The highest BCUT2D eigenvalue weighted by atomic mass is 16.5. The number of ether oxygens (including phenoxy) is 1. The summed E-state index contributed by atoms with van der Waals surface area (Å²) in [4.78, 5) is 7.62. The molecular weight excluding hydrogens is 250 g/mol. The van der Waals surface area contributed by atoms with Crippen molar-refractivity contribution >= 4 is 0 Å². The number of nitrogens with zero attached hydrogens (tertiary/aromatic N) is 3. The molecule has 0 aromatic rings. The molecule has 2 aliphatic heterocycles. The normalized spacial score (nSPS) is 30.0. The van der Waals surface area contributed by atoms with Crippen LogP contribution in [-0.4, -0.2) is 86.8 Å². The van der Waals surface area contributed by atoms with Crippen molar-refractivity contribution in [3.8, 4) is 0 Å². The summed E-state index contributed by atoms with van der Waals surface area (Å²) < 4.78 is 5.50. The Bertz CT molecular complexity index is 248. The van der Waals surface area contributed by atoms with E-state index in [1.165, 1.54) is 51.9 Å². The average Bonchev–Trinajstić information content (AvgIpc) is 2.45. The van der Waals surface area contributed by atoms with Gasteiger partial charge in [-0.05, 0) is 53.4 Å².